The van der Waals surface area contributed by atoms with Crippen molar-refractivity contribution in [2.75, 3.05) is 32.8 Å². The minimum absolute atomic E-state index is 0.330. The minimum Gasteiger partial charge on any atom is -0.493 e. The molecule has 1 aromatic carbocycles. The Morgan fingerprint density at radius 1 is 1.20 bits per heavy atom. The first-order valence-electron chi connectivity index (χ1n) is 6.94. The van der Waals surface area contributed by atoms with E-state index in [-0.39, 0.29) is 0 Å². The summed E-state index contributed by atoms with van der Waals surface area (Å²) in [5, 5.41) is 3.15. The van der Waals surface area contributed by atoms with Gasteiger partial charge < -0.3 is 10.1 Å². The lowest BCUT2D eigenvalue weighted by Crippen LogP contribution is -2.46. The fourth-order valence-electron chi connectivity index (χ4n) is 2.00. The number of rotatable bonds is 5. The molecular weight excluding hydrogens is 276 g/mol. The van der Waals surface area contributed by atoms with E-state index < -0.39 is 10.0 Å². The van der Waals surface area contributed by atoms with Crippen LogP contribution in [0, 0.1) is 5.92 Å². The van der Waals surface area contributed by atoms with Gasteiger partial charge in [0.1, 0.15) is 5.75 Å². The van der Waals surface area contributed by atoms with Gasteiger partial charge in [-0.1, -0.05) is 13.8 Å². The Bertz CT molecular complexity index is 520. The lowest BCUT2D eigenvalue weighted by atomic mass is 10.2. The number of nitrogens with zero attached hydrogens (tertiary/aromatic N) is 1. The molecule has 0 spiro atoms. The highest BCUT2D eigenvalue weighted by atomic mass is 32.2. The van der Waals surface area contributed by atoms with Gasteiger partial charge in [0.05, 0.1) is 11.5 Å². The van der Waals surface area contributed by atoms with Crippen molar-refractivity contribution in [2.24, 2.45) is 5.92 Å². The number of ether oxygens (including phenoxy) is 1. The predicted molar refractivity (Wildman–Crippen MR) is 78.4 cm³/mol. The molecule has 0 saturated carbocycles. The molecule has 0 aliphatic carbocycles. The van der Waals surface area contributed by atoms with Crippen molar-refractivity contribution in [3.05, 3.63) is 24.3 Å². The van der Waals surface area contributed by atoms with Crippen molar-refractivity contribution in [1.29, 1.82) is 0 Å². The van der Waals surface area contributed by atoms with Crippen LogP contribution in [0.4, 0.5) is 0 Å². The topological polar surface area (TPSA) is 58.6 Å². The summed E-state index contributed by atoms with van der Waals surface area (Å²) in [6, 6.07) is 6.68. The maximum Gasteiger partial charge on any atom is 0.243 e. The van der Waals surface area contributed by atoms with Crippen molar-refractivity contribution in [3.63, 3.8) is 0 Å². The Labute approximate surface area is 121 Å². The Hall–Kier alpha value is -1.11. The van der Waals surface area contributed by atoms with Crippen molar-refractivity contribution in [1.82, 2.24) is 9.62 Å². The molecule has 6 heteroatoms. The molecule has 1 aliphatic rings. The first-order chi connectivity index (χ1) is 9.50. The predicted octanol–water partition coefficient (Wildman–Crippen LogP) is 1.32. The van der Waals surface area contributed by atoms with Crippen LogP contribution in [0.5, 0.6) is 5.75 Å². The molecule has 5 nitrogen and oxygen atoms in total. The maximum atomic E-state index is 12.4. The van der Waals surface area contributed by atoms with Crippen LogP contribution in [0.3, 0.4) is 0 Å². The Morgan fingerprint density at radius 2 is 1.80 bits per heavy atom. The van der Waals surface area contributed by atoms with Gasteiger partial charge in [0.2, 0.25) is 10.0 Å². The Kier molecular flexibility index (Phi) is 5.01. The molecule has 20 heavy (non-hydrogen) atoms. The van der Waals surface area contributed by atoms with Crippen LogP contribution in [0.15, 0.2) is 29.2 Å². The van der Waals surface area contributed by atoms with Gasteiger partial charge in [-0.2, -0.15) is 4.31 Å². The SMILES string of the molecule is CC(C)COc1ccc(S(=O)(=O)N2CCNCC2)cc1. The third-order valence-electron chi connectivity index (χ3n) is 3.12. The van der Waals surface area contributed by atoms with E-state index in [1.165, 1.54) is 4.31 Å². The molecule has 0 atom stereocenters. The second-order valence-electron chi connectivity index (χ2n) is 5.33. The van der Waals surface area contributed by atoms with Gasteiger partial charge in [-0.25, -0.2) is 8.42 Å². The smallest absolute Gasteiger partial charge is 0.243 e. The summed E-state index contributed by atoms with van der Waals surface area (Å²) >= 11 is 0. The van der Waals surface area contributed by atoms with Gasteiger partial charge in [-0.15, -0.1) is 0 Å². The Morgan fingerprint density at radius 3 is 2.35 bits per heavy atom. The molecular formula is C14H22N2O3S. The zero-order chi connectivity index (χ0) is 14.6. The molecule has 0 unspecified atom stereocenters. The standard InChI is InChI=1S/C14H22N2O3S/c1-12(2)11-19-13-3-5-14(6-4-13)20(17,18)16-9-7-15-8-10-16/h3-6,12,15H,7-11H2,1-2H3. The average Bonchev–Trinajstić information content (AvgIpc) is 2.46. The number of hydrogen-bond acceptors (Lipinski definition) is 4. The van der Waals surface area contributed by atoms with Crippen LogP contribution in [0.25, 0.3) is 0 Å². The molecule has 0 radical (unpaired) electrons. The summed E-state index contributed by atoms with van der Waals surface area (Å²) < 4.78 is 31.9. The van der Waals surface area contributed by atoms with Gasteiger partial charge in [-0.05, 0) is 30.2 Å². The largest absolute Gasteiger partial charge is 0.493 e. The third kappa shape index (κ3) is 3.71. The molecule has 1 heterocycles. The van der Waals surface area contributed by atoms with E-state index in [0.29, 0.717) is 49.3 Å². The first-order valence-corrected chi connectivity index (χ1v) is 8.38. The maximum absolute atomic E-state index is 12.4. The monoisotopic (exact) mass is 298 g/mol. The van der Waals surface area contributed by atoms with Gasteiger partial charge in [0, 0.05) is 26.2 Å². The fraction of sp³-hybridized carbons (Fsp3) is 0.571. The van der Waals surface area contributed by atoms with Gasteiger partial charge >= 0.3 is 0 Å². The Balaban J connectivity index is 2.08. The molecule has 1 aromatic rings. The summed E-state index contributed by atoms with van der Waals surface area (Å²) in [5.74, 6) is 1.15. The van der Waals surface area contributed by atoms with E-state index in [2.05, 4.69) is 19.2 Å². The van der Waals surface area contributed by atoms with Crippen LogP contribution < -0.4 is 10.1 Å². The molecule has 2 rings (SSSR count). The highest BCUT2D eigenvalue weighted by Gasteiger charge is 2.25. The van der Waals surface area contributed by atoms with E-state index in [4.69, 9.17) is 4.74 Å². The number of sulfonamides is 1. The molecule has 0 amide bonds. The molecule has 1 saturated heterocycles. The van der Waals surface area contributed by atoms with Crippen molar-refractivity contribution in [3.8, 4) is 5.75 Å². The van der Waals surface area contributed by atoms with E-state index in [0.717, 1.165) is 0 Å². The van der Waals surface area contributed by atoms with Gasteiger partial charge in [0.25, 0.3) is 0 Å². The van der Waals surface area contributed by atoms with Crippen LogP contribution in [0.2, 0.25) is 0 Å². The quantitative estimate of drug-likeness (QED) is 0.890. The third-order valence-corrected chi connectivity index (χ3v) is 5.03. The van der Waals surface area contributed by atoms with Gasteiger partial charge in [0.15, 0.2) is 0 Å². The lowest BCUT2D eigenvalue weighted by Gasteiger charge is -2.26. The summed E-state index contributed by atoms with van der Waals surface area (Å²) in [7, 11) is -3.37. The second kappa shape index (κ2) is 6.56. The molecule has 1 aliphatic heterocycles. The molecule has 0 aromatic heterocycles. The number of benzene rings is 1. The van der Waals surface area contributed by atoms with Crippen molar-refractivity contribution < 1.29 is 13.2 Å². The fourth-order valence-corrected chi connectivity index (χ4v) is 3.45. The number of hydrogen-bond donors (Lipinski definition) is 1. The molecule has 0 bridgehead atoms. The van der Waals surface area contributed by atoms with Crippen LogP contribution >= 0.6 is 0 Å². The summed E-state index contributed by atoms with van der Waals surface area (Å²) in [6.07, 6.45) is 0. The summed E-state index contributed by atoms with van der Waals surface area (Å²) in [4.78, 5) is 0.330. The van der Waals surface area contributed by atoms with Gasteiger partial charge in [-0.3, -0.25) is 0 Å². The zero-order valence-electron chi connectivity index (χ0n) is 12.0. The molecule has 1 fully saturated rings. The second-order valence-corrected chi connectivity index (χ2v) is 7.27. The zero-order valence-corrected chi connectivity index (χ0v) is 12.8. The number of nitrogens with one attached hydrogen (secondary N) is 1. The molecule has 112 valence electrons. The minimum atomic E-state index is -3.37. The number of piperazine rings is 1. The van der Waals surface area contributed by atoms with E-state index in [9.17, 15) is 8.42 Å². The van der Waals surface area contributed by atoms with E-state index in [1.807, 2.05) is 0 Å². The highest BCUT2D eigenvalue weighted by Crippen LogP contribution is 2.20. The van der Waals surface area contributed by atoms with E-state index in [1.54, 1.807) is 24.3 Å². The van der Waals surface area contributed by atoms with Crippen molar-refractivity contribution in [2.45, 2.75) is 18.7 Å². The van der Waals surface area contributed by atoms with Crippen LogP contribution in [-0.4, -0.2) is 45.5 Å². The summed E-state index contributed by atoms with van der Waals surface area (Å²) in [5.41, 5.74) is 0. The highest BCUT2D eigenvalue weighted by molar-refractivity contribution is 7.89. The molecule has 1 N–H and O–H groups in total. The average molecular weight is 298 g/mol. The van der Waals surface area contributed by atoms with E-state index >= 15 is 0 Å². The van der Waals surface area contributed by atoms with Crippen molar-refractivity contribution >= 4 is 10.0 Å². The van der Waals surface area contributed by atoms with Crippen LogP contribution in [0.1, 0.15) is 13.8 Å². The normalized spacial score (nSPS) is 17.4. The summed E-state index contributed by atoms with van der Waals surface area (Å²) in [6.45, 7) is 7.22. The first kappa shape index (κ1) is 15.3. The lowest BCUT2D eigenvalue weighted by molar-refractivity contribution is 0.271. The van der Waals surface area contributed by atoms with Crippen LogP contribution in [-0.2, 0) is 10.0 Å².